The molecule has 2 heterocycles. The number of rotatable bonds is 6. The molecule has 7 aromatic rings. The van der Waals surface area contributed by atoms with Crippen molar-refractivity contribution in [3.8, 4) is 67.7 Å². The summed E-state index contributed by atoms with van der Waals surface area (Å²) in [5, 5.41) is 0. The van der Waals surface area contributed by atoms with Crippen LogP contribution in [0, 0.1) is 0 Å². The molecule has 0 bridgehead atoms. The van der Waals surface area contributed by atoms with Crippen LogP contribution < -0.4 is 0 Å². The highest BCUT2D eigenvalue weighted by Crippen LogP contribution is 2.31. The van der Waals surface area contributed by atoms with Gasteiger partial charge in [0.15, 0.2) is 17.5 Å². The third-order valence-corrected chi connectivity index (χ3v) is 9.19. The van der Waals surface area contributed by atoms with Crippen molar-refractivity contribution in [2.45, 2.75) is 52.4 Å². The minimum absolute atomic E-state index is 0.0663. The molecule has 246 valence electrons. The zero-order chi connectivity index (χ0) is 34.9. The lowest BCUT2D eigenvalue weighted by Crippen LogP contribution is -2.10. The summed E-state index contributed by atoms with van der Waals surface area (Å²) in [4.78, 5) is 19.4. The van der Waals surface area contributed by atoms with Crippen LogP contribution in [0.2, 0.25) is 0 Å². The Labute approximate surface area is 296 Å². The van der Waals surface area contributed by atoms with Gasteiger partial charge in [0.2, 0.25) is 0 Å². The highest BCUT2D eigenvalue weighted by Gasteiger charge is 2.17. The lowest BCUT2D eigenvalue weighted by molar-refractivity contribution is 0.590. The summed E-state index contributed by atoms with van der Waals surface area (Å²) >= 11 is 0. The molecular formula is C46H42N4. The third kappa shape index (κ3) is 7.16. The molecule has 4 heteroatoms. The van der Waals surface area contributed by atoms with Crippen LogP contribution in [0.1, 0.15) is 52.7 Å². The van der Waals surface area contributed by atoms with Crippen LogP contribution in [0.3, 0.4) is 0 Å². The lowest BCUT2D eigenvalue weighted by atomic mass is 9.86. The fourth-order valence-corrected chi connectivity index (χ4v) is 6.04. The Morgan fingerprint density at radius 3 is 0.920 bits per heavy atom. The summed E-state index contributed by atoms with van der Waals surface area (Å²) < 4.78 is 0. The maximum atomic E-state index is 4.99. The predicted octanol–water partition coefficient (Wildman–Crippen LogP) is 11.9. The molecule has 0 spiro atoms. The van der Waals surface area contributed by atoms with Crippen molar-refractivity contribution < 1.29 is 0 Å². The minimum Gasteiger partial charge on any atom is -0.256 e. The van der Waals surface area contributed by atoms with E-state index in [0.29, 0.717) is 17.5 Å². The Hall–Kier alpha value is -5.74. The zero-order valence-corrected chi connectivity index (χ0v) is 29.6. The van der Waals surface area contributed by atoms with Gasteiger partial charge in [-0.2, -0.15) is 0 Å². The van der Waals surface area contributed by atoms with Crippen molar-refractivity contribution in [2.24, 2.45) is 0 Å². The fourth-order valence-electron chi connectivity index (χ4n) is 6.04. The highest BCUT2D eigenvalue weighted by molar-refractivity contribution is 5.74. The van der Waals surface area contributed by atoms with E-state index in [-0.39, 0.29) is 10.8 Å². The summed E-state index contributed by atoms with van der Waals surface area (Å²) in [6, 6.07) is 48.9. The number of nitrogens with zero attached hydrogens (tertiary/aromatic N) is 4. The average Bonchev–Trinajstić information content (AvgIpc) is 3.15. The van der Waals surface area contributed by atoms with E-state index < -0.39 is 0 Å². The molecule has 0 N–H and O–H groups in total. The van der Waals surface area contributed by atoms with E-state index >= 15 is 0 Å². The number of benzene rings is 5. The first-order valence-corrected chi connectivity index (χ1v) is 17.2. The molecule has 4 nitrogen and oxygen atoms in total. The average molecular weight is 651 g/mol. The first kappa shape index (κ1) is 32.8. The van der Waals surface area contributed by atoms with Crippen LogP contribution in [-0.4, -0.2) is 19.9 Å². The van der Waals surface area contributed by atoms with Gasteiger partial charge in [0, 0.05) is 28.5 Å². The second kappa shape index (κ2) is 13.3. The fraction of sp³-hybridized carbons (Fsp3) is 0.174. The maximum Gasteiger partial charge on any atom is 0.164 e. The van der Waals surface area contributed by atoms with E-state index in [2.05, 4.69) is 168 Å². The number of hydrogen-bond donors (Lipinski definition) is 0. The van der Waals surface area contributed by atoms with Gasteiger partial charge in [0.25, 0.3) is 0 Å². The molecule has 0 aliphatic heterocycles. The van der Waals surface area contributed by atoms with E-state index in [9.17, 15) is 0 Å². The molecule has 0 aliphatic rings. The molecule has 0 saturated heterocycles. The van der Waals surface area contributed by atoms with Gasteiger partial charge in [-0.25, -0.2) is 15.0 Å². The first-order valence-electron chi connectivity index (χ1n) is 17.2. The highest BCUT2D eigenvalue weighted by atomic mass is 15.0. The van der Waals surface area contributed by atoms with E-state index in [1.807, 2.05) is 24.4 Å². The van der Waals surface area contributed by atoms with Gasteiger partial charge in [-0.05, 0) is 56.3 Å². The Kier molecular flexibility index (Phi) is 8.71. The largest absolute Gasteiger partial charge is 0.256 e. The molecule has 0 amide bonds. The van der Waals surface area contributed by atoms with Crippen LogP contribution in [0.4, 0.5) is 0 Å². The molecule has 0 saturated carbocycles. The SMILES string of the molecule is CC(C)(C)c1ccc(-c2nc(-c3ccc(-c4ccc(-c5ccc(-c6ccccn6)cc5)cc4)cc3)nc(-c3ccc(C(C)(C)C)cc3)n2)cc1. The molecule has 0 aliphatic carbocycles. The molecule has 0 unspecified atom stereocenters. The van der Waals surface area contributed by atoms with Crippen molar-refractivity contribution in [3.05, 3.63) is 157 Å². The normalized spacial score (nSPS) is 11.8. The minimum atomic E-state index is 0.0663. The second-order valence-corrected chi connectivity index (χ2v) is 14.9. The van der Waals surface area contributed by atoms with Crippen LogP contribution in [0.25, 0.3) is 67.7 Å². The molecule has 0 fully saturated rings. The van der Waals surface area contributed by atoms with Crippen molar-refractivity contribution in [3.63, 3.8) is 0 Å². The van der Waals surface area contributed by atoms with Crippen LogP contribution in [0.15, 0.2) is 146 Å². The van der Waals surface area contributed by atoms with Crippen LogP contribution >= 0.6 is 0 Å². The Balaban J connectivity index is 1.18. The summed E-state index contributed by atoms with van der Waals surface area (Å²) in [5.74, 6) is 1.98. The van der Waals surface area contributed by atoms with Gasteiger partial charge in [0.1, 0.15) is 0 Å². The summed E-state index contributed by atoms with van der Waals surface area (Å²) in [5.41, 5.74) is 12.3. The van der Waals surface area contributed by atoms with Crippen molar-refractivity contribution >= 4 is 0 Å². The number of pyridine rings is 1. The van der Waals surface area contributed by atoms with E-state index in [4.69, 9.17) is 15.0 Å². The number of hydrogen-bond acceptors (Lipinski definition) is 4. The molecule has 7 rings (SSSR count). The number of aromatic nitrogens is 4. The van der Waals surface area contributed by atoms with Crippen molar-refractivity contribution in [1.29, 1.82) is 0 Å². The standard InChI is InChI=1S/C46H42N4/c1-45(2,3)39-26-22-37(23-27-39)43-48-42(49-44(50-43)38-24-28-40(29-25-38)46(4,5)6)36-20-16-34(17-21-36)32-12-10-31(11-13-32)33-14-18-35(19-15-33)41-9-7-8-30-47-41/h7-30H,1-6H3. The molecular weight excluding hydrogens is 609 g/mol. The van der Waals surface area contributed by atoms with E-state index in [1.165, 1.54) is 22.3 Å². The molecule has 0 atom stereocenters. The van der Waals surface area contributed by atoms with Gasteiger partial charge in [-0.15, -0.1) is 0 Å². The monoisotopic (exact) mass is 650 g/mol. The summed E-state index contributed by atoms with van der Waals surface area (Å²) in [6.45, 7) is 13.4. The summed E-state index contributed by atoms with van der Waals surface area (Å²) in [7, 11) is 0. The quantitative estimate of drug-likeness (QED) is 0.180. The van der Waals surface area contributed by atoms with Gasteiger partial charge in [-0.3, -0.25) is 4.98 Å². The predicted molar refractivity (Wildman–Crippen MR) is 208 cm³/mol. The summed E-state index contributed by atoms with van der Waals surface area (Å²) in [6.07, 6.45) is 1.83. The van der Waals surface area contributed by atoms with Gasteiger partial charge in [0.05, 0.1) is 5.69 Å². The zero-order valence-electron chi connectivity index (χ0n) is 29.6. The molecule has 0 radical (unpaired) electrons. The molecule has 50 heavy (non-hydrogen) atoms. The lowest BCUT2D eigenvalue weighted by Gasteiger charge is -2.19. The van der Waals surface area contributed by atoms with Crippen molar-refractivity contribution in [2.75, 3.05) is 0 Å². The van der Waals surface area contributed by atoms with Crippen LogP contribution in [0.5, 0.6) is 0 Å². The third-order valence-electron chi connectivity index (χ3n) is 9.19. The van der Waals surface area contributed by atoms with Gasteiger partial charge >= 0.3 is 0 Å². The Morgan fingerprint density at radius 1 is 0.320 bits per heavy atom. The maximum absolute atomic E-state index is 4.99. The smallest absolute Gasteiger partial charge is 0.164 e. The van der Waals surface area contributed by atoms with Crippen molar-refractivity contribution in [1.82, 2.24) is 19.9 Å². The second-order valence-electron chi connectivity index (χ2n) is 14.9. The Bertz CT molecular complexity index is 2130. The molecule has 2 aromatic heterocycles. The molecule has 5 aromatic carbocycles. The topological polar surface area (TPSA) is 51.6 Å². The Morgan fingerprint density at radius 2 is 0.620 bits per heavy atom. The van der Waals surface area contributed by atoms with Gasteiger partial charge in [-0.1, -0.05) is 169 Å². The van der Waals surface area contributed by atoms with Crippen LogP contribution in [-0.2, 0) is 10.8 Å². The first-order chi connectivity index (χ1) is 24.0. The van der Waals surface area contributed by atoms with E-state index in [0.717, 1.165) is 39.1 Å². The van der Waals surface area contributed by atoms with Gasteiger partial charge < -0.3 is 0 Å². The van der Waals surface area contributed by atoms with E-state index in [1.54, 1.807) is 0 Å².